The van der Waals surface area contributed by atoms with E-state index in [1.807, 2.05) is 18.2 Å². The molecule has 0 aliphatic heterocycles. The van der Waals surface area contributed by atoms with E-state index < -0.39 is 0 Å². The van der Waals surface area contributed by atoms with E-state index in [0.717, 1.165) is 38.6 Å². The van der Waals surface area contributed by atoms with Crippen molar-refractivity contribution in [3.05, 3.63) is 72.3 Å². The fraction of sp³-hybridized carbons (Fsp3) is 0.517. The number of hydrogen-bond acceptors (Lipinski definition) is 4. The van der Waals surface area contributed by atoms with Gasteiger partial charge in [0.1, 0.15) is 5.75 Å². The second-order valence-corrected chi connectivity index (χ2v) is 10.7. The van der Waals surface area contributed by atoms with Crippen molar-refractivity contribution in [1.82, 2.24) is 0 Å². The maximum Gasteiger partial charge on any atom is 0.115 e. The first kappa shape index (κ1) is 22.5. The highest BCUT2D eigenvalue weighted by Gasteiger charge is 2.64. The van der Waals surface area contributed by atoms with E-state index in [2.05, 4.69) is 61.9 Å². The van der Waals surface area contributed by atoms with Gasteiger partial charge in [-0.2, -0.15) is 0 Å². The maximum atomic E-state index is 11.1. The molecule has 2 aromatic carbocycles. The summed E-state index contributed by atoms with van der Waals surface area (Å²) >= 11 is 0. The van der Waals surface area contributed by atoms with Crippen molar-refractivity contribution in [3.63, 3.8) is 0 Å². The number of nitrogens with zero attached hydrogens (tertiary/aromatic N) is 1. The highest BCUT2D eigenvalue weighted by Crippen LogP contribution is 2.68. The van der Waals surface area contributed by atoms with Gasteiger partial charge in [0.15, 0.2) is 0 Å². The first-order valence-corrected chi connectivity index (χ1v) is 12.4. The SMILES string of the molecule is C=C[C@@]12CCc3cc(O)ccc3[C@H]1[C@@H](OCCN(C)c1ccccc1)C[C@@]1(C)[C@H]2CC[C@@H]1O. The Bertz CT molecular complexity index is 1010. The first-order chi connectivity index (χ1) is 15.9. The van der Waals surface area contributed by atoms with Crippen molar-refractivity contribution in [3.8, 4) is 5.75 Å². The number of aromatic hydroxyl groups is 1. The van der Waals surface area contributed by atoms with Crippen LogP contribution in [0.3, 0.4) is 0 Å². The average molecular weight is 448 g/mol. The second-order valence-electron chi connectivity index (χ2n) is 10.7. The Labute approximate surface area is 197 Å². The molecular weight excluding hydrogens is 410 g/mol. The van der Waals surface area contributed by atoms with Crippen molar-refractivity contribution in [2.45, 2.75) is 57.2 Å². The molecule has 0 amide bonds. The Kier molecular flexibility index (Phi) is 5.78. The second kappa shape index (κ2) is 8.48. The fourth-order valence-corrected chi connectivity index (χ4v) is 7.45. The number of allylic oxidation sites excluding steroid dienone is 1. The summed E-state index contributed by atoms with van der Waals surface area (Å²) in [6, 6.07) is 16.2. The third-order valence-electron chi connectivity index (χ3n) is 9.15. The zero-order valence-corrected chi connectivity index (χ0v) is 19.9. The number of rotatable bonds is 6. The van der Waals surface area contributed by atoms with E-state index in [4.69, 9.17) is 4.74 Å². The van der Waals surface area contributed by atoms with Crippen LogP contribution < -0.4 is 4.90 Å². The minimum absolute atomic E-state index is 0.00441. The monoisotopic (exact) mass is 447 g/mol. The number of ether oxygens (including phenoxy) is 1. The topological polar surface area (TPSA) is 52.9 Å². The molecule has 3 aliphatic rings. The Morgan fingerprint density at radius 2 is 1.97 bits per heavy atom. The molecule has 0 unspecified atom stereocenters. The van der Waals surface area contributed by atoms with E-state index >= 15 is 0 Å². The maximum absolute atomic E-state index is 11.1. The Morgan fingerprint density at radius 1 is 1.18 bits per heavy atom. The molecule has 2 fully saturated rings. The highest BCUT2D eigenvalue weighted by atomic mass is 16.5. The van der Waals surface area contributed by atoms with Gasteiger partial charge in [-0.15, -0.1) is 6.58 Å². The van der Waals surface area contributed by atoms with Gasteiger partial charge in [0, 0.05) is 30.6 Å². The van der Waals surface area contributed by atoms with Crippen LogP contribution >= 0.6 is 0 Å². The van der Waals surface area contributed by atoms with Crippen molar-refractivity contribution < 1.29 is 14.9 Å². The van der Waals surface area contributed by atoms with Crippen LogP contribution in [0.4, 0.5) is 5.69 Å². The summed E-state index contributed by atoms with van der Waals surface area (Å²) in [5.41, 5.74) is 3.46. The van der Waals surface area contributed by atoms with Crippen LogP contribution in [0.25, 0.3) is 0 Å². The summed E-state index contributed by atoms with van der Waals surface area (Å²) in [6.07, 6.45) is 6.58. The molecule has 2 aromatic rings. The van der Waals surface area contributed by atoms with Crippen molar-refractivity contribution in [2.75, 3.05) is 25.1 Å². The highest BCUT2D eigenvalue weighted by molar-refractivity contribution is 5.45. The van der Waals surface area contributed by atoms with Crippen LogP contribution in [-0.4, -0.2) is 42.6 Å². The molecule has 4 nitrogen and oxygen atoms in total. The molecule has 5 rings (SSSR count). The number of anilines is 1. The summed E-state index contributed by atoms with van der Waals surface area (Å²) in [7, 11) is 2.10. The summed E-state index contributed by atoms with van der Waals surface area (Å²) < 4.78 is 6.72. The number of aryl methyl sites for hydroxylation is 1. The quantitative estimate of drug-likeness (QED) is 0.590. The van der Waals surface area contributed by atoms with Crippen LogP contribution in [0.2, 0.25) is 0 Å². The van der Waals surface area contributed by atoms with Gasteiger partial charge in [0.05, 0.1) is 18.8 Å². The molecule has 33 heavy (non-hydrogen) atoms. The lowest BCUT2D eigenvalue weighted by Crippen LogP contribution is -2.56. The molecule has 0 heterocycles. The molecule has 0 saturated heterocycles. The zero-order chi connectivity index (χ0) is 23.2. The van der Waals surface area contributed by atoms with Gasteiger partial charge in [-0.3, -0.25) is 0 Å². The zero-order valence-electron chi connectivity index (χ0n) is 19.9. The van der Waals surface area contributed by atoms with Crippen LogP contribution in [0.15, 0.2) is 61.2 Å². The molecule has 0 spiro atoms. The van der Waals surface area contributed by atoms with Gasteiger partial charge < -0.3 is 19.8 Å². The van der Waals surface area contributed by atoms with E-state index in [1.165, 1.54) is 16.8 Å². The summed E-state index contributed by atoms with van der Waals surface area (Å²) in [5.74, 6) is 0.930. The van der Waals surface area contributed by atoms with Crippen LogP contribution in [0, 0.1) is 16.7 Å². The molecule has 0 bridgehead atoms. The fourth-order valence-electron chi connectivity index (χ4n) is 7.45. The molecule has 3 aliphatic carbocycles. The third kappa shape index (κ3) is 3.59. The third-order valence-corrected chi connectivity index (χ3v) is 9.15. The number of phenolic OH excluding ortho intramolecular Hbond substituents is 1. The molecular formula is C29H37NO3. The van der Waals surface area contributed by atoms with Gasteiger partial charge in [-0.25, -0.2) is 0 Å². The van der Waals surface area contributed by atoms with Crippen molar-refractivity contribution in [2.24, 2.45) is 16.7 Å². The molecule has 6 atom stereocenters. The number of aliphatic hydroxyl groups excluding tert-OH is 1. The van der Waals surface area contributed by atoms with Crippen LogP contribution in [0.5, 0.6) is 5.75 Å². The average Bonchev–Trinajstić information content (AvgIpc) is 3.13. The smallest absolute Gasteiger partial charge is 0.115 e. The van der Waals surface area contributed by atoms with Gasteiger partial charge in [-0.05, 0) is 78.8 Å². The summed E-state index contributed by atoms with van der Waals surface area (Å²) in [6.45, 7) is 8.06. The van der Waals surface area contributed by atoms with E-state index in [-0.39, 0.29) is 29.0 Å². The van der Waals surface area contributed by atoms with Crippen LogP contribution in [0.1, 0.15) is 49.7 Å². The first-order valence-electron chi connectivity index (χ1n) is 12.4. The van der Waals surface area contributed by atoms with E-state index in [9.17, 15) is 10.2 Å². The number of likely N-dealkylation sites (N-methyl/N-ethyl adjacent to an activating group) is 1. The molecule has 0 radical (unpaired) electrons. The molecule has 176 valence electrons. The van der Waals surface area contributed by atoms with Gasteiger partial charge in [0.2, 0.25) is 0 Å². The molecule has 2 N–H and O–H groups in total. The minimum Gasteiger partial charge on any atom is -0.508 e. The molecule has 0 aromatic heterocycles. The Balaban J connectivity index is 1.46. The van der Waals surface area contributed by atoms with E-state index in [1.54, 1.807) is 0 Å². The Morgan fingerprint density at radius 3 is 2.73 bits per heavy atom. The minimum atomic E-state index is -0.292. The predicted molar refractivity (Wildman–Crippen MR) is 133 cm³/mol. The number of hydrogen-bond donors (Lipinski definition) is 2. The lowest BCUT2D eigenvalue weighted by atomic mass is 9.46. The number of fused-ring (bicyclic) bond motifs is 5. The van der Waals surface area contributed by atoms with E-state index in [0.29, 0.717) is 18.3 Å². The number of phenols is 1. The van der Waals surface area contributed by atoms with Gasteiger partial charge >= 0.3 is 0 Å². The summed E-state index contributed by atoms with van der Waals surface area (Å²) in [5, 5.41) is 21.2. The predicted octanol–water partition coefficient (Wildman–Crippen LogP) is 5.30. The standard InChI is InChI=1S/C29H37NO3/c1-4-29-15-14-20-18-22(31)10-11-23(20)27(29)24(19-28(2)25(29)12-13-26(28)32)33-17-16-30(3)21-8-6-5-7-9-21/h4-11,18,24-27,31-32H,1,12-17,19H2,2-3H3/t24-,25+,26-,27-,28-,29-/m0/s1. The molecule has 4 heteroatoms. The number of benzene rings is 2. The van der Waals surface area contributed by atoms with Crippen molar-refractivity contribution in [1.29, 1.82) is 0 Å². The normalized spacial score (nSPS) is 34.8. The molecule has 2 saturated carbocycles. The largest absolute Gasteiger partial charge is 0.508 e. The van der Waals surface area contributed by atoms with Gasteiger partial charge in [-0.1, -0.05) is 37.3 Å². The number of para-hydroxylation sites is 1. The van der Waals surface area contributed by atoms with Crippen molar-refractivity contribution >= 4 is 5.69 Å². The number of aliphatic hydroxyl groups is 1. The Hall–Kier alpha value is -2.30. The lowest BCUT2D eigenvalue weighted by molar-refractivity contribution is -0.128. The lowest BCUT2D eigenvalue weighted by Gasteiger charge is -2.59. The van der Waals surface area contributed by atoms with Crippen LogP contribution in [-0.2, 0) is 11.2 Å². The van der Waals surface area contributed by atoms with Gasteiger partial charge in [0.25, 0.3) is 0 Å². The summed E-state index contributed by atoms with van der Waals surface area (Å²) in [4.78, 5) is 2.23.